The average molecular weight is 258 g/mol. The Morgan fingerprint density at radius 2 is 1.79 bits per heavy atom. The molecule has 0 spiro atoms. The highest BCUT2D eigenvalue weighted by atomic mass is 16.4. The molecule has 5 heteroatoms. The summed E-state index contributed by atoms with van der Waals surface area (Å²) in [7, 11) is 0. The first-order chi connectivity index (χ1) is 9.31. The summed E-state index contributed by atoms with van der Waals surface area (Å²) in [4.78, 5) is 2.15. The molecule has 100 valence electrons. The molecule has 2 N–H and O–H groups in total. The number of nitrogens with zero attached hydrogens (tertiary/aromatic N) is 3. The predicted molar refractivity (Wildman–Crippen MR) is 74.0 cm³/mol. The summed E-state index contributed by atoms with van der Waals surface area (Å²) >= 11 is 0. The van der Waals surface area contributed by atoms with Crippen molar-refractivity contribution in [1.82, 2.24) is 10.2 Å². The van der Waals surface area contributed by atoms with E-state index in [1.54, 1.807) is 0 Å². The SMILES string of the molecule is Nc1ccc(CCc2nnc(N3CCCC3)o2)cc1. The highest BCUT2D eigenvalue weighted by Crippen LogP contribution is 2.19. The minimum Gasteiger partial charge on any atom is -0.408 e. The highest BCUT2D eigenvalue weighted by Gasteiger charge is 2.18. The summed E-state index contributed by atoms with van der Waals surface area (Å²) in [5, 5.41) is 8.22. The number of nitrogen functional groups attached to an aromatic ring is 1. The average Bonchev–Trinajstić information content (AvgIpc) is 3.09. The van der Waals surface area contributed by atoms with Crippen LogP contribution in [0.25, 0.3) is 0 Å². The molecule has 0 aliphatic carbocycles. The van der Waals surface area contributed by atoms with Crippen molar-refractivity contribution < 1.29 is 4.42 Å². The first-order valence-corrected chi connectivity index (χ1v) is 6.73. The van der Waals surface area contributed by atoms with E-state index in [4.69, 9.17) is 10.2 Å². The van der Waals surface area contributed by atoms with Crippen molar-refractivity contribution in [1.29, 1.82) is 0 Å². The topological polar surface area (TPSA) is 68.2 Å². The molecule has 2 heterocycles. The first-order valence-electron chi connectivity index (χ1n) is 6.73. The van der Waals surface area contributed by atoms with Gasteiger partial charge in [-0.2, -0.15) is 0 Å². The maximum absolute atomic E-state index is 5.69. The molecule has 0 unspecified atom stereocenters. The van der Waals surface area contributed by atoms with Gasteiger partial charge in [-0.15, -0.1) is 5.10 Å². The smallest absolute Gasteiger partial charge is 0.318 e. The first kappa shape index (κ1) is 12.0. The standard InChI is InChI=1S/C14H18N4O/c15-12-6-3-11(4-7-12)5-8-13-16-17-14(19-13)18-9-1-2-10-18/h3-4,6-7H,1-2,5,8-10,15H2. The van der Waals surface area contributed by atoms with E-state index in [9.17, 15) is 0 Å². The summed E-state index contributed by atoms with van der Waals surface area (Å²) in [6.07, 6.45) is 4.08. The molecule has 19 heavy (non-hydrogen) atoms. The van der Waals surface area contributed by atoms with Gasteiger partial charge in [0.05, 0.1) is 0 Å². The highest BCUT2D eigenvalue weighted by molar-refractivity contribution is 5.39. The van der Waals surface area contributed by atoms with Gasteiger partial charge in [-0.25, -0.2) is 0 Å². The molecule has 1 saturated heterocycles. The van der Waals surface area contributed by atoms with E-state index in [2.05, 4.69) is 15.1 Å². The number of benzene rings is 1. The third-order valence-corrected chi connectivity index (χ3v) is 3.44. The fraction of sp³-hybridized carbons (Fsp3) is 0.429. The molecule has 1 aromatic carbocycles. The van der Waals surface area contributed by atoms with Crippen molar-refractivity contribution in [2.75, 3.05) is 23.7 Å². The van der Waals surface area contributed by atoms with Crippen LogP contribution in [0.5, 0.6) is 0 Å². The molecule has 1 aliphatic rings. The minimum absolute atomic E-state index is 0.671. The molecule has 1 aliphatic heterocycles. The zero-order valence-electron chi connectivity index (χ0n) is 10.9. The van der Waals surface area contributed by atoms with Gasteiger partial charge in [0.2, 0.25) is 5.89 Å². The summed E-state index contributed by atoms with van der Waals surface area (Å²) in [5.41, 5.74) is 7.68. The Bertz CT molecular complexity index is 529. The Morgan fingerprint density at radius 3 is 2.53 bits per heavy atom. The van der Waals surface area contributed by atoms with Crippen molar-refractivity contribution >= 4 is 11.7 Å². The Balaban J connectivity index is 1.59. The lowest BCUT2D eigenvalue weighted by Gasteiger charge is -2.09. The Hall–Kier alpha value is -2.04. The van der Waals surface area contributed by atoms with Crippen LogP contribution in [0.15, 0.2) is 28.7 Å². The van der Waals surface area contributed by atoms with Gasteiger partial charge in [0, 0.05) is 25.2 Å². The number of hydrogen-bond donors (Lipinski definition) is 1. The second kappa shape index (κ2) is 5.30. The van der Waals surface area contributed by atoms with E-state index in [0.717, 1.165) is 31.6 Å². The zero-order chi connectivity index (χ0) is 13.1. The number of rotatable bonds is 4. The lowest BCUT2D eigenvalue weighted by atomic mass is 10.1. The maximum atomic E-state index is 5.69. The van der Waals surface area contributed by atoms with Crippen LogP contribution in [0, 0.1) is 0 Å². The van der Waals surface area contributed by atoms with E-state index in [1.807, 2.05) is 24.3 Å². The molecule has 0 amide bonds. The Morgan fingerprint density at radius 1 is 1.05 bits per heavy atom. The third kappa shape index (κ3) is 2.86. The van der Waals surface area contributed by atoms with E-state index in [-0.39, 0.29) is 0 Å². The van der Waals surface area contributed by atoms with Gasteiger partial charge in [0.1, 0.15) is 0 Å². The Labute approximate surface area is 112 Å². The number of aromatic nitrogens is 2. The largest absolute Gasteiger partial charge is 0.408 e. The van der Waals surface area contributed by atoms with Crippen molar-refractivity contribution in [3.8, 4) is 0 Å². The molecule has 0 bridgehead atoms. The lowest BCUT2D eigenvalue weighted by molar-refractivity contribution is 0.489. The van der Waals surface area contributed by atoms with Crippen LogP contribution in [0.3, 0.4) is 0 Å². The number of anilines is 2. The minimum atomic E-state index is 0.671. The van der Waals surface area contributed by atoms with Crippen LogP contribution in [0.1, 0.15) is 24.3 Å². The van der Waals surface area contributed by atoms with Crippen molar-refractivity contribution in [2.45, 2.75) is 25.7 Å². The van der Waals surface area contributed by atoms with Gasteiger partial charge < -0.3 is 15.1 Å². The van der Waals surface area contributed by atoms with Crippen LogP contribution < -0.4 is 10.6 Å². The monoisotopic (exact) mass is 258 g/mol. The quantitative estimate of drug-likeness (QED) is 0.850. The second-order valence-corrected chi connectivity index (χ2v) is 4.91. The molecule has 1 fully saturated rings. The normalized spacial score (nSPS) is 15.1. The number of aryl methyl sites for hydroxylation is 2. The fourth-order valence-electron chi connectivity index (χ4n) is 2.32. The molecule has 0 radical (unpaired) electrons. The summed E-state index contributed by atoms with van der Waals surface area (Å²) in [6.45, 7) is 2.05. The third-order valence-electron chi connectivity index (χ3n) is 3.44. The number of nitrogens with two attached hydrogens (primary N) is 1. The molecule has 3 rings (SSSR count). The van der Waals surface area contributed by atoms with E-state index in [0.29, 0.717) is 11.9 Å². The molecule has 2 aromatic rings. The molecule has 5 nitrogen and oxygen atoms in total. The van der Waals surface area contributed by atoms with Gasteiger partial charge >= 0.3 is 6.01 Å². The molecule has 1 aromatic heterocycles. The van der Waals surface area contributed by atoms with E-state index in [1.165, 1.54) is 18.4 Å². The number of hydrogen-bond acceptors (Lipinski definition) is 5. The van der Waals surface area contributed by atoms with Crippen LogP contribution in [0.4, 0.5) is 11.7 Å². The fourth-order valence-corrected chi connectivity index (χ4v) is 2.32. The van der Waals surface area contributed by atoms with Crippen molar-refractivity contribution in [3.63, 3.8) is 0 Å². The summed E-state index contributed by atoms with van der Waals surface area (Å²) in [5.74, 6) is 0.707. The predicted octanol–water partition coefficient (Wildman–Crippen LogP) is 2.04. The molecular formula is C14H18N4O. The van der Waals surface area contributed by atoms with Crippen molar-refractivity contribution in [3.05, 3.63) is 35.7 Å². The van der Waals surface area contributed by atoms with E-state index >= 15 is 0 Å². The van der Waals surface area contributed by atoms with Crippen LogP contribution in [0.2, 0.25) is 0 Å². The zero-order valence-corrected chi connectivity index (χ0v) is 10.9. The van der Waals surface area contributed by atoms with Gasteiger partial charge in [-0.3, -0.25) is 0 Å². The lowest BCUT2D eigenvalue weighted by Crippen LogP contribution is -2.17. The summed E-state index contributed by atoms with van der Waals surface area (Å²) in [6, 6.07) is 8.57. The second-order valence-electron chi connectivity index (χ2n) is 4.91. The van der Waals surface area contributed by atoms with Gasteiger partial charge in [0.15, 0.2) is 0 Å². The molecule has 0 atom stereocenters. The summed E-state index contributed by atoms with van der Waals surface area (Å²) < 4.78 is 5.69. The van der Waals surface area contributed by atoms with Crippen LogP contribution in [-0.4, -0.2) is 23.3 Å². The molecular weight excluding hydrogens is 240 g/mol. The molecule has 0 saturated carbocycles. The van der Waals surface area contributed by atoms with Crippen LogP contribution >= 0.6 is 0 Å². The van der Waals surface area contributed by atoms with Gasteiger partial charge in [0.25, 0.3) is 0 Å². The van der Waals surface area contributed by atoms with Crippen molar-refractivity contribution in [2.24, 2.45) is 0 Å². The van der Waals surface area contributed by atoms with Gasteiger partial charge in [-0.05, 0) is 37.0 Å². The van der Waals surface area contributed by atoms with Crippen LogP contribution in [-0.2, 0) is 12.8 Å². The maximum Gasteiger partial charge on any atom is 0.318 e. The van der Waals surface area contributed by atoms with Gasteiger partial charge in [-0.1, -0.05) is 17.2 Å². The Kier molecular flexibility index (Phi) is 3.35. The van der Waals surface area contributed by atoms with E-state index < -0.39 is 0 Å².